The van der Waals surface area contributed by atoms with Crippen LogP contribution >= 0.6 is 22.9 Å². The molecule has 0 bridgehead atoms. The molecule has 0 aliphatic rings. The van der Waals surface area contributed by atoms with Gasteiger partial charge in [0.15, 0.2) is 5.13 Å². The minimum atomic E-state index is -0.650. The number of rotatable bonds is 2. The second-order valence-corrected chi connectivity index (χ2v) is 6.66. The number of thiazole rings is 1. The summed E-state index contributed by atoms with van der Waals surface area (Å²) in [4.78, 5) is 16.3. The van der Waals surface area contributed by atoms with Gasteiger partial charge >= 0.3 is 0 Å². The van der Waals surface area contributed by atoms with E-state index in [1.807, 2.05) is 26.2 Å². The zero-order valence-electron chi connectivity index (χ0n) is 11.3. The molecule has 1 N–H and O–H groups in total. The fourth-order valence-corrected chi connectivity index (χ4v) is 2.60. The van der Waals surface area contributed by atoms with E-state index >= 15 is 0 Å². The average Bonchev–Trinajstić information content (AvgIpc) is 2.76. The third kappa shape index (κ3) is 3.35. The van der Waals surface area contributed by atoms with Crippen LogP contribution in [-0.2, 0) is 5.41 Å². The molecule has 0 unspecified atom stereocenters. The van der Waals surface area contributed by atoms with Crippen molar-refractivity contribution >= 4 is 34.0 Å². The first-order chi connectivity index (χ1) is 9.27. The van der Waals surface area contributed by atoms with Crippen LogP contribution in [0.4, 0.5) is 9.52 Å². The van der Waals surface area contributed by atoms with E-state index in [1.165, 1.54) is 23.5 Å². The van der Waals surface area contributed by atoms with Crippen molar-refractivity contribution in [2.45, 2.75) is 26.2 Å². The van der Waals surface area contributed by atoms with Crippen LogP contribution in [0.1, 0.15) is 36.8 Å². The molecule has 3 nitrogen and oxygen atoms in total. The Hall–Kier alpha value is -1.46. The van der Waals surface area contributed by atoms with Crippen molar-refractivity contribution in [3.8, 4) is 0 Å². The lowest BCUT2D eigenvalue weighted by Crippen LogP contribution is -2.15. The summed E-state index contributed by atoms with van der Waals surface area (Å²) in [7, 11) is 0. The number of hydrogen-bond donors (Lipinski definition) is 1. The third-order valence-electron chi connectivity index (χ3n) is 2.67. The molecule has 1 aromatic carbocycles. The topological polar surface area (TPSA) is 42.0 Å². The summed E-state index contributed by atoms with van der Waals surface area (Å²) in [5.41, 5.74) is 0.738. The normalized spacial score (nSPS) is 11.4. The Morgan fingerprint density at radius 2 is 2.10 bits per heavy atom. The molecule has 0 saturated heterocycles. The second-order valence-electron chi connectivity index (χ2n) is 5.37. The highest BCUT2D eigenvalue weighted by Crippen LogP contribution is 2.26. The smallest absolute Gasteiger partial charge is 0.260 e. The van der Waals surface area contributed by atoms with Gasteiger partial charge in [-0.2, -0.15) is 0 Å². The van der Waals surface area contributed by atoms with E-state index in [0.29, 0.717) is 5.13 Å². The molecular weight excluding hydrogens is 299 g/mol. The SMILES string of the molecule is CC(C)(C)c1csc(NC(=O)c2ccc(Cl)cc2F)n1. The van der Waals surface area contributed by atoms with Crippen LogP contribution in [0.3, 0.4) is 0 Å². The monoisotopic (exact) mass is 312 g/mol. The number of nitrogens with one attached hydrogen (secondary N) is 1. The van der Waals surface area contributed by atoms with Gasteiger partial charge in [-0.15, -0.1) is 11.3 Å². The van der Waals surface area contributed by atoms with E-state index in [4.69, 9.17) is 11.6 Å². The molecule has 20 heavy (non-hydrogen) atoms. The van der Waals surface area contributed by atoms with Crippen LogP contribution in [0.15, 0.2) is 23.6 Å². The van der Waals surface area contributed by atoms with Gasteiger partial charge in [0.05, 0.1) is 11.3 Å². The molecule has 1 amide bonds. The highest BCUT2D eigenvalue weighted by Gasteiger charge is 2.19. The summed E-state index contributed by atoms with van der Waals surface area (Å²) < 4.78 is 13.6. The molecule has 2 rings (SSSR count). The number of hydrogen-bond acceptors (Lipinski definition) is 3. The summed E-state index contributed by atoms with van der Waals surface area (Å²) >= 11 is 6.97. The molecule has 0 aliphatic carbocycles. The standard InChI is InChI=1S/C14H14ClFN2OS/c1-14(2,3)11-7-20-13(17-11)18-12(19)9-5-4-8(15)6-10(9)16/h4-7H,1-3H3,(H,17,18,19). The first-order valence-corrected chi connectivity index (χ1v) is 7.25. The van der Waals surface area contributed by atoms with Gasteiger partial charge in [0.25, 0.3) is 5.91 Å². The molecule has 0 spiro atoms. The number of aromatic nitrogens is 1. The Morgan fingerprint density at radius 3 is 2.65 bits per heavy atom. The van der Waals surface area contributed by atoms with Gasteiger partial charge in [-0.05, 0) is 18.2 Å². The fraction of sp³-hybridized carbons (Fsp3) is 0.286. The molecule has 1 aromatic heterocycles. The predicted octanol–water partition coefficient (Wildman–Crippen LogP) is 4.49. The van der Waals surface area contributed by atoms with E-state index in [-0.39, 0.29) is 16.0 Å². The van der Waals surface area contributed by atoms with Crippen LogP contribution < -0.4 is 5.32 Å². The molecule has 0 saturated carbocycles. The second kappa shape index (κ2) is 5.50. The minimum absolute atomic E-state index is 0.0538. The first-order valence-electron chi connectivity index (χ1n) is 6.00. The lowest BCUT2D eigenvalue weighted by Gasteiger charge is -2.14. The van der Waals surface area contributed by atoms with Crippen molar-refractivity contribution in [1.82, 2.24) is 4.98 Å². The molecule has 6 heteroatoms. The maximum atomic E-state index is 13.6. The van der Waals surface area contributed by atoms with Crippen molar-refractivity contribution < 1.29 is 9.18 Å². The lowest BCUT2D eigenvalue weighted by atomic mass is 9.93. The maximum Gasteiger partial charge on any atom is 0.260 e. The van der Waals surface area contributed by atoms with Crippen LogP contribution in [0.25, 0.3) is 0 Å². The van der Waals surface area contributed by atoms with Crippen molar-refractivity contribution in [3.63, 3.8) is 0 Å². The number of carbonyl (C=O) groups excluding carboxylic acids is 1. The van der Waals surface area contributed by atoms with Gasteiger partial charge < -0.3 is 0 Å². The van der Waals surface area contributed by atoms with E-state index in [2.05, 4.69) is 10.3 Å². The molecule has 0 aliphatic heterocycles. The fourth-order valence-electron chi connectivity index (χ4n) is 1.51. The molecule has 1 heterocycles. The highest BCUT2D eigenvalue weighted by molar-refractivity contribution is 7.14. The van der Waals surface area contributed by atoms with Gasteiger partial charge in [-0.3, -0.25) is 10.1 Å². The minimum Gasteiger partial charge on any atom is -0.298 e. The molecular formula is C14H14ClFN2OS. The Labute approximate surface area is 125 Å². The van der Waals surface area contributed by atoms with Crippen LogP contribution in [-0.4, -0.2) is 10.9 Å². The predicted molar refractivity (Wildman–Crippen MR) is 80.2 cm³/mol. The van der Waals surface area contributed by atoms with Gasteiger partial charge in [0, 0.05) is 15.8 Å². The molecule has 2 aromatic rings. The zero-order valence-corrected chi connectivity index (χ0v) is 12.9. The van der Waals surface area contributed by atoms with Gasteiger partial charge in [0.1, 0.15) is 5.82 Å². The van der Waals surface area contributed by atoms with Gasteiger partial charge in [-0.25, -0.2) is 9.37 Å². The molecule has 106 valence electrons. The number of amides is 1. The van der Waals surface area contributed by atoms with E-state index < -0.39 is 11.7 Å². The molecule has 0 atom stereocenters. The summed E-state index contributed by atoms with van der Waals surface area (Å²) in [5.74, 6) is -1.18. The molecule has 0 fully saturated rings. The van der Waals surface area contributed by atoms with E-state index in [9.17, 15) is 9.18 Å². The number of nitrogens with zero attached hydrogens (tertiary/aromatic N) is 1. The third-order valence-corrected chi connectivity index (χ3v) is 3.66. The largest absolute Gasteiger partial charge is 0.298 e. The van der Waals surface area contributed by atoms with Crippen LogP contribution in [0.5, 0.6) is 0 Å². The summed E-state index contributed by atoms with van der Waals surface area (Å²) in [6.07, 6.45) is 0. The summed E-state index contributed by atoms with van der Waals surface area (Å²) in [6, 6.07) is 3.94. The Balaban J connectivity index is 2.17. The van der Waals surface area contributed by atoms with Gasteiger partial charge in [0.2, 0.25) is 0 Å². The van der Waals surface area contributed by atoms with Crippen molar-refractivity contribution in [2.24, 2.45) is 0 Å². The number of carbonyl (C=O) groups is 1. The Kier molecular flexibility index (Phi) is 4.11. The van der Waals surface area contributed by atoms with Gasteiger partial charge in [-0.1, -0.05) is 32.4 Å². The number of anilines is 1. The van der Waals surface area contributed by atoms with E-state index in [1.54, 1.807) is 0 Å². The number of benzene rings is 1. The number of halogens is 2. The lowest BCUT2D eigenvalue weighted by molar-refractivity contribution is 0.102. The van der Waals surface area contributed by atoms with Crippen molar-refractivity contribution in [1.29, 1.82) is 0 Å². The quantitative estimate of drug-likeness (QED) is 0.888. The average molecular weight is 313 g/mol. The summed E-state index contributed by atoms with van der Waals surface area (Å²) in [6.45, 7) is 6.10. The van der Waals surface area contributed by atoms with E-state index in [0.717, 1.165) is 11.8 Å². The van der Waals surface area contributed by atoms with Crippen molar-refractivity contribution in [3.05, 3.63) is 45.7 Å². The zero-order chi connectivity index (χ0) is 14.9. The summed E-state index contributed by atoms with van der Waals surface area (Å²) in [5, 5.41) is 5.19. The van der Waals surface area contributed by atoms with Crippen LogP contribution in [0, 0.1) is 5.82 Å². The van der Waals surface area contributed by atoms with Crippen LogP contribution in [0.2, 0.25) is 5.02 Å². The Bertz CT molecular complexity index is 649. The molecule has 0 radical (unpaired) electrons. The van der Waals surface area contributed by atoms with Crippen molar-refractivity contribution in [2.75, 3.05) is 5.32 Å². The Morgan fingerprint density at radius 1 is 1.40 bits per heavy atom. The highest BCUT2D eigenvalue weighted by atomic mass is 35.5. The maximum absolute atomic E-state index is 13.6. The first kappa shape index (κ1) is 14.9.